The number of hydrogen-bond donors (Lipinski definition) is 1. The molecule has 5 heteroatoms. The van der Waals surface area contributed by atoms with E-state index in [-0.39, 0.29) is 0 Å². The van der Waals surface area contributed by atoms with E-state index < -0.39 is 0 Å². The molecule has 5 nitrogen and oxygen atoms in total. The number of nitrogens with one attached hydrogen (secondary N) is 1. The molecule has 0 unspecified atom stereocenters. The SMILES string of the molecule is Cc1cc(C)n2c(CNc3cc(C#N)ccc3C)cnc2n1. The molecule has 2 heterocycles. The Bertz CT molecular complexity index is 886. The van der Waals surface area contributed by atoms with Crippen molar-refractivity contribution in [2.24, 2.45) is 0 Å². The first-order valence-corrected chi connectivity index (χ1v) is 7.13. The van der Waals surface area contributed by atoms with Crippen LogP contribution in [-0.4, -0.2) is 14.4 Å². The van der Waals surface area contributed by atoms with Crippen LogP contribution in [0.1, 0.15) is 28.2 Å². The van der Waals surface area contributed by atoms with Crippen LogP contribution < -0.4 is 5.32 Å². The van der Waals surface area contributed by atoms with Gasteiger partial charge in [0.2, 0.25) is 5.78 Å². The highest BCUT2D eigenvalue weighted by Gasteiger charge is 2.08. The van der Waals surface area contributed by atoms with Crippen molar-refractivity contribution in [3.8, 4) is 6.07 Å². The summed E-state index contributed by atoms with van der Waals surface area (Å²) in [4.78, 5) is 8.81. The Morgan fingerprint density at radius 2 is 2.05 bits per heavy atom. The highest BCUT2D eigenvalue weighted by Crippen LogP contribution is 2.18. The summed E-state index contributed by atoms with van der Waals surface area (Å²) in [6.45, 7) is 6.67. The molecule has 3 aromatic rings. The summed E-state index contributed by atoms with van der Waals surface area (Å²) in [7, 11) is 0. The molecule has 110 valence electrons. The van der Waals surface area contributed by atoms with Crippen molar-refractivity contribution in [1.29, 1.82) is 5.26 Å². The summed E-state index contributed by atoms with van der Waals surface area (Å²) in [5.41, 5.74) is 5.85. The third-order valence-electron chi connectivity index (χ3n) is 3.69. The Morgan fingerprint density at radius 1 is 1.23 bits per heavy atom. The Labute approximate surface area is 129 Å². The number of fused-ring (bicyclic) bond motifs is 1. The van der Waals surface area contributed by atoms with E-state index in [2.05, 4.69) is 28.3 Å². The summed E-state index contributed by atoms with van der Waals surface area (Å²) in [6.07, 6.45) is 1.84. The van der Waals surface area contributed by atoms with Crippen molar-refractivity contribution in [2.75, 3.05) is 5.32 Å². The quantitative estimate of drug-likeness (QED) is 0.805. The smallest absolute Gasteiger partial charge is 0.234 e. The predicted octanol–water partition coefficient (Wildman–Crippen LogP) is 3.14. The van der Waals surface area contributed by atoms with E-state index in [1.807, 2.05) is 48.7 Å². The number of nitrogens with zero attached hydrogens (tertiary/aromatic N) is 4. The molecule has 3 rings (SSSR count). The fourth-order valence-corrected chi connectivity index (χ4v) is 2.59. The number of aromatic nitrogens is 3. The van der Waals surface area contributed by atoms with Crippen LogP contribution in [0.4, 0.5) is 5.69 Å². The molecule has 0 atom stereocenters. The molecule has 22 heavy (non-hydrogen) atoms. The van der Waals surface area contributed by atoms with Gasteiger partial charge in [-0.05, 0) is 44.5 Å². The van der Waals surface area contributed by atoms with Gasteiger partial charge in [0.15, 0.2) is 0 Å². The minimum Gasteiger partial charge on any atom is -0.379 e. The zero-order valence-electron chi connectivity index (χ0n) is 12.9. The number of hydrogen-bond acceptors (Lipinski definition) is 4. The normalized spacial score (nSPS) is 10.6. The van der Waals surface area contributed by atoms with E-state index in [1.165, 1.54) is 0 Å². The van der Waals surface area contributed by atoms with E-state index in [1.54, 1.807) is 0 Å². The lowest BCUT2D eigenvalue weighted by Gasteiger charge is -2.11. The van der Waals surface area contributed by atoms with Gasteiger partial charge in [-0.15, -0.1) is 0 Å². The van der Waals surface area contributed by atoms with Gasteiger partial charge < -0.3 is 5.32 Å². The van der Waals surface area contributed by atoms with Crippen LogP contribution in [0.5, 0.6) is 0 Å². The number of rotatable bonds is 3. The predicted molar refractivity (Wildman–Crippen MR) is 85.7 cm³/mol. The van der Waals surface area contributed by atoms with Crippen molar-refractivity contribution >= 4 is 11.5 Å². The fourth-order valence-electron chi connectivity index (χ4n) is 2.59. The van der Waals surface area contributed by atoms with E-state index in [4.69, 9.17) is 5.26 Å². The monoisotopic (exact) mass is 291 g/mol. The minimum atomic E-state index is 0.627. The van der Waals surface area contributed by atoms with Gasteiger partial charge in [-0.3, -0.25) is 4.40 Å². The molecular formula is C17H17N5. The maximum absolute atomic E-state index is 9.01. The molecule has 0 aliphatic heterocycles. The highest BCUT2D eigenvalue weighted by atomic mass is 15.1. The average molecular weight is 291 g/mol. The lowest BCUT2D eigenvalue weighted by atomic mass is 10.1. The molecule has 0 radical (unpaired) electrons. The third kappa shape index (κ3) is 2.51. The van der Waals surface area contributed by atoms with Crippen LogP contribution in [-0.2, 0) is 6.54 Å². The van der Waals surface area contributed by atoms with E-state index in [0.29, 0.717) is 12.1 Å². The Kier molecular flexibility index (Phi) is 3.51. The first-order valence-electron chi connectivity index (χ1n) is 7.13. The van der Waals surface area contributed by atoms with Crippen LogP contribution in [0, 0.1) is 32.1 Å². The molecule has 0 fully saturated rings. The van der Waals surface area contributed by atoms with Gasteiger partial charge in [-0.25, -0.2) is 9.97 Å². The topological polar surface area (TPSA) is 66.0 Å². The van der Waals surface area contributed by atoms with Crippen LogP contribution in [0.15, 0.2) is 30.5 Å². The summed E-state index contributed by atoms with van der Waals surface area (Å²) in [5, 5.41) is 12.4. The van der Waals surface area contributed by atoms with Crippen LogP contribution in [0.3, 0.4) is 0 Å². The molecule has 0 saturated carbocycles. The van der Waals surface area contributed by atoms with Gasteiger partial charge in [-0.2, -0.15) is 5.26 Å². The number of aryl methyl sites for hydroxylation is 3. The molecule has 0 saturated heterocycles. The largest absolute Gasteiger partial charge is 0.379 e. The molecular weight excluding hydrogens is 274 g/mol. The standard InChI is InChI=1S/C17H17N5/c1-11-4-5-14(8-18)7-16(11)19-9-15-10-20-17-21-12(2)6-13(3)22(15)17/h4-7,10,19H,9H2,1-3H3. The third-order valence-corrected chi connectivity index (χ3v) is 3.69. The second kappa shape index (κ2) is 5.49. The molecule has 1 aromatic carbocycles. The maximum Gasteiger partial charge on any atom is 0.234 e. The van der Waals surface area contributed by atoms with E-state index in [0.717, 1.165) is 34.1 Å². The van der Waals surface area contributed by atoms with Gasteiger partial charge in [-0.1, -0.05) is 6.07 Å². The summed E-state index contributed by atoms with van der Waals surface area (Å²) in [6, 6.07) is 9.85. The maximum atomic E-state index is 9.01. The zero-order valence-corrected chi connectivity index (χ0v) is 12.9. The molecule has 0 bridgehead atoms. The van der Waals surface area contributed by atoms with Gasteiger partial charge in [0.25, 0.3) is 0 Å². The second-order valence-corrected chi connectivity index (χ2v) is 5.42. The lowest BCUT2D eigenvalue weighted by Crippen LogP contribution is -2.06. The Hall–Kier alpha value is -2.87. The second-order valence-electron chi connectivity index (χ2n) is 5.42. The van der Waals surface area contributed by atoms with E-state index in [9.17, 15) is 0 Å². The Morgan fingerprint density at radius 3 is 2.82 bits per heavy atom. The van der Waals surface area contributed by atoms with Gasteiger partial charge in [0.1, 0.15) is 0 Å². The van der Waals surface area contributed by atoms with Crippen molar-refractivity contribution in [1.82, 2.24) is 14.4 Å². The number of anilines is 1. The Balaban J connectivity index is 1.90. The summed E-state index contributed by atoms with van der Waals surface area (Å²) in [5.74, 6) is 0.719. The van der Waals surface area contributed by atoms with Crippen molar-refractivity contribution in [3.63, 3.8) is 0 Å². The van der Waals surface area contributed by atoms with Gasteiger partial charge >= 0.3 is 0 Å². The molecule has 2 aromatic heterocycles. The van der Waals surface area contributed by atoms with Crippen LogP contribution in [0.25, 0.3) is 5.78 Å². The fraction of sp³-hybridized carbons (Fsp3) is 0.235. The van der Waals surface area contributed by atoms with Crippen LogP contribution in [0.2, 0.25) is 0 Å². The lowest BCUT2D eigenvalue weighted by molar-refractivity contribution is 0.935. The van der Waals surface area contributed by atoms with E-state index >= 15 is 0 Å². The van der Waals surface area contributed by atoms with Crippen molar-refractivity contribution < 1.29 is 0 Å². The van der Waals surface area contributed by atoms with Crippen molar-refractivity contribution in [3.05, 3.63) is 58.7 Å². The van der Waals surface area contributed by atoms with Crippen molar-refractivity contribution in [2.45, 2.75) is 27.3 Å². The summed E-state index contributed by atoms with van der Waals surface area (Å²) >= 11 is 0. The number of imidazole rings is 1. The number of benzene rings is 1. The highest BCUT2D eigenvalue weighted by molar-refractivity contribution is 5.55. The zero-order chi connectivity index (χ0) is 15.7. The summed E-state index contributed by atoms with van der Waals surface area (Å²) < 4.78 is 2.05. The van der Waals surface area contributed by atoms with Crippen LogP contribution >= 0.6 is 0 Å². The van der Waals surface area contributed by atoms with Gasteiger partial charge in [0, 0.05) is 17.1 Å². The molecule has 0 aliphatic carbocycles. The molecule has 0 spiro atoms. The first-order chi connectivity index (χ1) is 10.6. The molecule has 1 N–H and O–H groups in total. The average Bonchev–Trinajstić information content (AvgIpc) is 2.89. The molecule has 0 aliphatic rings. The minimum absolute atomic E-state index is 0.627. The molecule has 0 amide bonds. The first kappa shape index (κ1) is 14.1. The number of nitriles is 1. The van der Waals surface area contributed by atoms with Gasteiger partial charge in [0.05, 0.1) is 30.1 Å².